The second-order valence-electron chi connectivity index (χ2n) is 3.63. The Morgan fingerprint density at radius 1 is 1.14 bits per heavy atom. The normalized spacial score (nSPS) is 19.1. The Kier molecular flexibility index (Phi) is 6.15. The first kappa shape index (κ1) is 12.0. The first-order valence-corrected chi connectivity index (χ1v) is 5.67. The van der Waals surface area contributed by atoms with Gasteiger partial charge in [0.05, 0.1) is 0 Å². The van der Waals surface area contributed by atoms with E-state index in [4.69, 9.17) is 14.2 Å². The van der Waals surface area contributed by atoms with Gasteiger partial charge in [-0.2, -0.15) is 0 Å². The average Bonchev–Trinajstić information content (AvgIpc) is 2.20. The van der Waals surface area contributed by atoms with Crippen molar-refractivity contribution in [2.45, 2.75) is 39.4 Å². The standard InChI is InChI=1S/C11H22O3/c1-3-13-11(14-4-2)9-10-5-7-12-8-6-10/h10-11H,3-9H2,1-2H3. The van der Waals surface area contributed by atoms with Crippen LogP contribution in [0.15, 0.2) is 0 Å². The molecule has 0 unspecified atom stereocenters. The van der Waals surface area contributed by atoms with Crippen molar-refractivity contribution < 1.29 is 14.2 Å². The van der Waals surface area contributed by atoms with Crippen LogP contribution in [0.5, 0.6) is 0 Å². The van der Waals surface area contributed by atoms with E-state index in [0.29, 0.717) is 5.92 Å². The highest BCUT2D eigenvalue weighted by molar-refractivity contribution is 4.65. The average molecular weight is 202 g/mol. The van der Waals surface area contributed by atoms with Crippen LogP contribution in [0.2, 0.25) is 0 Å². The zero-order chi connectivity index (χ0) is 10.2. The largest absolute Gasteiger partial charge is 0.381 e. The van der Waals surface area contributed by atoms with Crippen molar-refractivity contribution in [1.29, 1.82) is 0 Å². The second kappa shape index (κ2) is 7.21. The molecule has 0 aromatic heterocycles. The van der Waals surface area contributed by atoms with Crippen LogP contribution in [0, 0.1) is 5.92 Å². The van der Waals surface area contributed by atoms with E-state index in [-0.39, 0.29) is 6.29 Å². The molecule has 3 heteroatoms. The molecule has 0 spiro atoms. The molecule has 0 saturated carbocycles. The Bertz CT molecular complexity index is 126. The summed E-state index contributed by atoms with van der Waals surface area (Å²) in [6.45, 7) is 7.28. The van der Waals surface area contributed by atoms with Gasteiger partial charge in [0, 0.05) is 32.8 Å². The van der Waals surface area contributed by atoms with E-state index in [1.807, 2.05) is 13.8 Å². The zero-order valence-electron chi connectivity index (χ0n) is 9.33. The Morgan fingerprint density at radius 3 is 2.21 bits per heavy atom. The highest BCUT2D eigenvalue weighted by atomic mass is 16.7. The maximum absolute atomic E-state index is 5.52. The summed E-state index contributed by atoms with van der Waals surface area (Å²) in [5.74, 6) is 0.715. The van der Waals surface area contributed by atoms with Crippen LogP contribution in [0.1, 0.15) is 33.1 Å². The molecule has 0 aliphatic carbocycles. The fourth-order valence-electron chi connectivity index (χ4n) is 1.81. The van der Waals surface area contributed by atoms with E-state index >= 15 is 0 Å². The topological polar surface area (TPSA) is 27.7 Å². The third-order valence-corrected chi connectivity index (χ3v) is 2.57. The highest BCUT2D eigenvalue weighted by Gasteiger charge is 2.19. The molecule has 0 aromatic rings. The summed E-state index contributed by atoms with van der Waals surface area (Å²) in [5, 5.41) is 0. The summed E-state index contributed by atoms with van der Waals surface area (Å²) in [4.78, 5) is 0. The maximum atomic E-state index is 5.52. The van der Waals surface area contributed by atoms with Crippen LogP contribution >= 0.6 is 0 Å². The highest BCUT2D eigenvalue weighted by Crippen LogP contribution is 2.21. The summed E-state index contributed by atoms with van der Waals surface area (Å²) in [5.41, 5.74) is 0. The molecule has 1 rings (SSSR count). The zero-order valence-corrected chi connectivity index (χ0v) is 9.33. The van der Waals surface area contributed by atoms with Gasteiger partial charge in [0.1, 0.15) is 0 Å². The fraction of sp³-hybridized carbons (Fsp3) is 1.00. The third-order valence-electron chi connectivity index (χ3n) is 2.57. The molecule has 3 nitrogen and oxygen atoms in total. The van der Waals surface area contributed by atoms with Gasteiger partial charge in [-0.15, -0.1) is 0 Å². The quantitative estimate of drug-likeness (QED) is 0.618. The first-order valence-electron chi connectivity index (χ1n) is 5.67. The second-order valence-corrected chi connectivity index (χ2v) is 3.63. The van der Waals surface area contributed by atoms with Gasteiger partial charge in [0.2, 0.25) is 0 Å². The number of hydrogen-bond acceptors (Lipinski definition) is 3. The molecular formula is C11H22O3. The minimum Gasteiger partial charge on any atom is -0.381 e. The van der Waals surface area contributed by atoms with Gasteiger partial charge in [-0.25, -0.2) is 0 Å². The van der Waals surface area contributed by atoms with Crippen molar-refractivity contribution >= 4 is 0 Å². The van der Waals surface area contributed by atoms with Crippen molar-refractivity contribution in [1.82, 2.24) is 0 Å². The van der Waals surface area contributed by atoms with Crippen LogP contribution in [0.4, 0.5) is 0 Å². The summed E-state index contributed by atoms with van der Waals surface area (Å²) < 4.78 is 16.4. The molecular weight excluding hydrogens is 180 g/mol. The molecule has 84 valence electrons. The summed E-state index contributed by atoms with van der Waals surface area (Å²) >= 11 is 0. The minimum atomic E-state index is -0.00639. The van der Waals surface area contributed by atoms with E-state index < -0.39 is 0 Å². The molecule has 1 aliphatic rings. The van der Waals surface area contributed by atoms with Crippen molar-refractivity contribution in [2.24, 2.45) is 5.92 Å². The van der Waals surface area contributed by atoms with Crippen molar-refractivity contribution in [3.05, 3.63) is 0 Å². The molecule has 1 saturated heterocycles. The van der Waals surface area contributed by atoms with Crippen molar-refractivity contribution in [2.75, 3.05) is 26.4 Å². The van der Waals surface area contributed by atoms with Gasteiger partial charge in [-0.1, -0.05) is 0 Å². The van der Waals surface area contributed by atoms with E-state index in [0.717, 1.165) is 45.7 Å². The molecule has 0 amide bonds. The van der Waals surface area contributed by atoms with Crippen molar-refractivity contribution in [3.8, 4) is 0 Å². The molecule has 0 aromatic carbocycles. The number of rotatable bonds is 6. The van der Waals surface area contributed by atoms with Gasteiger partial charge in [-0.3, -0.25) is 0 Å². The van der Waals surface area contributed by atoms with Crippen LogP contribution in [0.25, 0.3) is 0 Å². The maximum Gasteiger partial charge on any atom is 0.157 e. The van der Waals surface area contributed by atoms with Crippen LogP contribution < -0.4 is 0 Å². The summed E-state index contributed by atoms with van der Waals surface area (Å²) in [6, 6.07) is 0. The first-order chi connectivity index (χ1) is 6.86. The van der Waals surface area contributed by atoms with Crippen molar-refractivity contribution in [3.63, 3.8) is 0 Å². The van der Waals surface area contributed by atoms with E-state index in [2.05, 4.69) is 0 Å². The summed E-state index contributed by atoms with van der Waals surface area (Å²) in [6.07, 6.45) is 3.31. The molecule has 0 atom stereocenters. The third kappa shape index (κ3) is 4.40. The van der Waals surface area contributed by atoms with Crippen LogP contribution in [-0.2, 0) is 14.2 Å². The SMILES string of the molecule is CCOC(CC1CCOCC1)OCC. The number of hydrogen-bond donors (Lipinski definition) is 0. The number of ether oxygens (including phenoxy) is 3. The molecule has 1 fully saturated rings. The lowest BCUT2D eigenvalue weighted by Gasteiger charge is -2.26. The summed E-state index contributed by atoms with van der Waals surface area (Å²) in [7, 11) is 0. The Morgan fingerprint density at radius 2 is 1.71 bits per heavy atom. The van der Waals surface area contributed by atoms with Gasteiger partial charge >= 0.3 is 0 Å². The van der Waals surface area contributed by atoms with Gasteiger partial charge in [-0.05, 0) is 32.6 Å². The molecule has 1 heterocycles. The minimum absolute atomic E-state index is 0.00639. The molecule has 1 aliphatic heterocycles. The van der Waals surface area contributed by atoms with Gasteiger partial charge in [0.25, 0.3) is 0 Å². The smallest absolute Gasteiger partial charge is 0.157 e. The van der Waals surface area contributed by atoms with E-state index in [1.54, 1.807) is 0 Å². The fourth-order valence-corrected chi connectivity index (χ4v) is 1.81. The van der Waals surface area contributed by atoms with Crippen LogP contribution in [0.3, 0.4) is 0 Å². The predicted molar refractivity (Wildman–Crippen MR) is 55.2 cm³/mol. The lowest BCUT2D eigenvalue weighted by molar-refractivity contribution is -0.150. The predicted octanol–water partition coefficient (Wildman–Crippen LogP) is 2.20. The molecule has 14 heavy (non-hydrogen) atoms. The Balaban J connectivity index is 2.21. The Labute approximate surface area is 86.7 Å². The lowest BCUT2D eigenvalue weighted by Crippen LogP contribution is -2.25. The monoisotopic (exact) mass is 202 g/mol. The molecule has 0 bridgehead atoms. The Hall–Kier alpha value is -0.120. The van der Waals surface area contributed by atoms with Gasteiger partial charge in [0.15, 0.2) is 6.29 Å². The molecule has 0 radical (unpaired) electrons. The van der Waals surface area contributed by atoms with Crippen LogP contribution in [-0.4, -0.2) is 32.7 Å². The van der Waals surface area contributed by atoms with E-state index in [9.17, 15) is 0 Å². The lowest BCUT2D eigenvalue weighted by atomic mass is 9.96. The van der Waals surface area contributed by atoms with E-state index in [1.165, 1.54) is 0 Å². The van der Waals surface area contributed by atoms with Gasteiger partial charge < -0.3 is 14.2 Å². The molecule has 0 N–H and O–H groups in total.